The maximum absolute atomic E-state index is 5.23. The van der Waals surface area contributed by atoms with Crippen LogP contribution in [0.1, 0.15) is 48.9 Å². The zero-order chi connectivity index (χ0) is 27.6. The van der Waals surface area contributed by atoms with E-state index >= 15 is 0 Å². The van der Waals surface area contributed by atoms with Crippen LogP contribution >= 0.6 is 0 Å². The molecule has 0 spiro atoms. The van der Waals surface area contributed by atoms with Gasteiger partial charge in [-0.3, -0.25) is 20.0 Å². The van der Waals surface area contributed by atoms with E-state index in [1.165, 1.54) is 0 Å². The Bertz CT molecular complexity index is 1370. The van der Waals surface area contributed by atoms with E-state index in [1.54, 1.807) is 0 Å². The minimum absolute atomic E-state index is 0.00456. The Hall–Kier alpha value is -4.44. The number of aliphatic imine (C=N–C) groups is 4. The molecule has 1 heterocycles. The van der Waals surface area contributed by atoms with Crippen molar-refractivity contribution in [2.45, 2.75) is 38.8 Å². The lowest BCUT2D eigenvalue weighted by Crippen LogP contribution is -2.20. The number of rotatable bonds is 4. The highest BCUT2D eigenvalue weighted by atomic mass is 14.9. The maximum Gasteiger partial charge on any atom is 0.0670 e. The SMILES string of the molecule is CC1CN=C(c2ccccc2)CC(c2ccccc2)=NC(C)CN=C(c2ccccc2)CC(c2ccccc2)=N1. The third kappa shape index (κ3) is 7.35. The molecule has 0 fully saturated rings. The van der Waals surface area contributed by atoms with E-state index in [1.807, 2.05) is 24.3 Å². The molecule has 0 amide bonds. The second-order valence-corrected chi connectivity index (χ2v) is 10.2. The number of benzene rings is 4. The Kier molecular flexibility index (Phi) is 9.21. The molecule has 2 unspecified atom stereocenters. The first-order valence-corrected chi connectivity index (χ1v) is 14.1. The van der Waals surface area contributed by atoms with Crippen LogP contribution in [0, 0.1) is 0 Å². The molecule has 1 aliphatic heterocycles. The fourth-order valence-electron chi connectivity index (χ4n) is 4.88. The summed E-state index contributed by atoms with van der Waals surface area (Å²) in [7, 11) is 0. The lowest BCUT2D eigenvalue weighted by atomic mass is 9.98. The fraction of sp³-hybridized carbons (Fsp3) is 0.222. The van der Waals surface area contributed by atoms with Gasteiger partial charge in [0, 0.05) is 35.7 Å². The quantitative estimate of drug-likeness (QED) is 0.265. The van der Waals surface area contributed by atoms with Gasteiger partial charge in [0.1, 0.15) is 0 Å². The van der Waals surface area contributed by atoms with Crippen molar-refractivity contribution in [1.82, 2.24) is 0 Å². The normalized spacial score (nSPS) is 18.9. The summed E-state index contributed by atoms with van der Waals surface area (Å²) in [6, 6.07) is 41.8. The van der Waals surface area contributed by atoms with Crippen LogP contribution in [0.2, 0.25) is 0 Å². The van der Waals surface area contributed by atoms with Crippen LogP contribution in [0.15, 0.2) is 141 Å². The van der Waals surface area contributed by atoms with E-state index in [9.17, 15) is 0 Å². The molecule has 0 aromatic heterocycles. The van der Waals surface area contributed by atoms with Gasteiger partial charge in [-0.05, 0) is 36.1 Å². The molecule has 5 rings (SSSR count). The van der Waals surface area contributed by atoms with Crippen molar-refractivity contribution in [3.63, 3.8) is 0 Å². The predicted octanol–water partition coefficient (Wildman–Crippen LogP) is 7.51. The van der Waals surface area contributed by atoms with E-state index < -0.39 is 0 Å². The number of nitrogens with zero attached hydrogens (tertiary/aromatic N) is 4. The Morgan fingerprint density at radius 2 is 0.675 bits per heavy atom. The first-order valence-electron chi connectivity index (χ1n) is 14.1. The van der Waals surface area contributed by atoms with Crippen LogP contribution in [-0.2, 0) is 0 Å². The van der Waals surface area contributed by atoms with Gasteiger partial charge in [0.25, 0.3) is 0 Å². The number of hydrogen-bond donors (Lipinski definition) is 0. The van der Waals surface area contributed by atoms with Crippen LogP contribution in [0.25, 0.3) is 0 Å². The average molecular weight is 525 g/mol. The second-order valence-electron chi connectivity index (χ2n) is 10.2. The summed E-state index contributed by atoms with van der Waals surface area (Å²) in [5.41, 5.74) is 8.61. The van der Waals surface area contributed by atoms with Gasteiger partial charge in [-0.15, -0.1) is 0 Å². The minimum atomic E-state index is 0.00456. The molecule has 0 N–H and O–H groups in total. The van der Waals surface area contributed by atoms with Crippen LogP contribution < -0.4 is 0 Å². The molecule has 4 aromatic carbocycles. The first kappa shape index (κ1) is 27.1. The second kappa shape index (κ2) is 13.6. The Labute approximate surface area is 238 Å². The molecule has 0 radical (unpaired) electrons. The Morgan fingerprint density at radius 1 is 0.400 bits per heavy atom. The monoisotopic (exact) mass is 524 g/mol. The fourth-order valence-corrected chi connectivity index (χ4v) is 4.88. The molecule has 0 saturated heterocycles. The zero-order valence-electron chi connectivity index (χ0n) is 23.3. The van der Waals surface area contributed by atoms with Gasteiger partial charge in [0.2, 0.25) is 0 Å². The number of hydrogen-bond acceptors (Lipinski definition) is 4. The molecule has 2 atom stereocenters. The lowest BCUT2D eigenvalue weighted by Gasteiger charge is -2.17. The molecule has 200 valence electrons. The van der Waals surface area contributed by atoms with E-state index in [2.05, 4.69) is 111 Å². The first-order chi connectivity index (χ1) is 19.7. The standard InChI is InChI=1S/C36H36N4/c1-27-25-37-33(29-15-7-3-8-16-29)24-36(32-21-13-6-14-22-32)40-28(2)26-38-34(30-17-9-4-10-18-30)23-35(39-27)31-19-11-5-12-20-31/h3-22,27-28H,23-26H2,1-2H3. The summed E-state index contributed by atoms with van der Waals surface area (Å²) in [6.45, 7) is 5.48. The van der Waals surface area contributed by atoms with Gasteiger partial charge in [-0.1, -0.05) is 121 Å². The van der Waals surface area contributed by atoms with Crippen molar-refractivity contribution in [1.29, 1.82) is 0 Å². The molecule has 0 aliphatic carbocycles. The summed E-state index contributed by atoms with van der Waals surface area (Å²) in [4.78, 5) is 20.8. The van der Waals surface area contributed by atoms with Crippen molar-refractivity contribution in [3.8, 4) is 0 Å². The van der Waals surface area contributed by atoms with E-state index in [0.717, 1.165) is 45.1 Å². The highest BCUT2D eigenvalue weighted by Crippen LogP contribution is 2.17. The summed E-state index contributed by atoms with van der Waals surface area (Å²) < 4.78 is 0. The van der Waals surface area contributed by atoms with Gasteiger partial charge in [-0.2, -0.15) is 0 Å². The van der Waals surface area contributed by atoms with E-state index in [-0.39, 0.29) is 12.1 Å². The van der Waals surface area contributed by atoms with Crippen molar-refractivity contribution in [2.75, 3.05) is 13.1 Å². The van der Waals surface area contributed by atoms with Crippen molar-refractivity contribution < 1.29 is 0 Å². The average Bonchev–Trinajstić information content (AvgIpc) is 3.01. The molecule has 1 aliphatic rings. The summed E-state index contributed by atoms with van der Waals surface area (Å²) >= 11 is 0. The smallest absolute Gasteiger partial charge is 0.0670 e. The molecule has 4 heteroatoms. The lowest BCUT2D eigenvalue weighted by molar-refractivity contribution is 0.747. The maximum atomic E-state index is 5.23. The molecular formula is C36H36N4. The van der Waals surface area contributed by atoms with Crippen molar-refractivity contribution in [3.05, 3.63) is 144 Å². The molecular weight excluding hydrogens is 488 g/mol. The Morgan fingerprint density at radius 3 is 0.975 bits per heavy atom. The minimum Gasteiger partial charge on any atom is -0.287 e. The third-order valence-corrected chi connectivity index (χ3v) is 6.94. The van der Waals surface area contributed by atoms with Gasteiger partial charge in [0.15, 0.2) is 0 Å². The molecule has 4 nitrogen and oxygen atoms in total. The van der Waals surface area contributed by atoms with Crippen LogP contribution in [-0.4, -0.2) is 48.0 Å². The third-order valence-electron chi connectivity index (χ3n) is 6.94. The molecule has 40 heavy (non-hydrogen) atoms. The van der Waals surface area contributed by atoms with E-state index in [4.69, 9.17) is 20.0 Å². The van der Waals surface area contributed by atoms with Gasteiger partial charge >= 0.3 is 0 Å². The highest BCUT2D eigenvalue weighted by Gasteiger charge is 2.16. The topological polar surface area (TPSA) is 49.4 Å². The van der Waals surface area contributed by atoms with Crippen molar-refractivity contribution in [2.24, 2.45) is 20.0 Å². The molecule has 0 bridgehead atoms. The summed E-state index contributed by atoms with van der Waals surface area (Å²) in [6.07, 6.45) is 1.30. The Balaban J connectivity index is 1.61. The summed E-state index contributed by atoms with van der Waals surface area (Å²) in [5, 5.41) is 0. The predicted molar refractivity (Wildman–Crippen MR) is 170 cm³/mol. The van der Waals surface area contributed by atoms with Crippen LogP contribution in [0.3, 0.4) is 0 Å². The highest BCUT2D eigenvalue weighted by molar-refractivity contribution is 6.19. The van der Waals surface area contributed by atoms with Gasteiger partial charge in [-0.25, -0.2) is 0 Å². The van der Waals surface area contributed by atoms with Gasteiger partial charge in [0.05, 0.1) is 25.2 Å². The van der Waals surface area contributed by atoms with E-state index in [0.29, 0.717) is 25.9 Å². The van der Waals surface area contributed by atoms with Gasteiger partial charge < -0.3 is 0 Å². The largest absolute Gasteiger partial charge is 0.287 e. The van der Waals surface area contributed by atoms with Crippen LogP contribution in [0.4, 0.5) is 0 Å². The zero-order valence-corrected chi connectivity index (χ0v) is 23.3. The molecule has 0 saturated carbocycles. The van der Waals surface area contributed by atoms with Crippen molar-refractivity contribution >= 4 is 22.8 Å². The summed E-state index contributed by atoms with van der Waals surface area (Å²) in [5.74, 6) is 0. The molecule has 4 aromatic rings. The van der Waals surface area contributed by atoms with Crippen LogP contribution in [0.5, 0.6) is 0 Å².